The van der Waals surface area contributed by atoms with E-state index in [2.05, 4.69) is 0 Å². The fourth-order valence-electron chi connectivity index (χ4n) is 3.93. The van der Waals surface area contributed by atoms with Crippen LogP contribution in [0.4, 0.5) is 0 Å². The van der Waals surface area contributed by atoms with Crippen LogP contribution in [0.2, 0.25) is 0 Å². The third-order valence-corrected chi connectivity index (χ3v) is 8.59. The van der Waals surface area contributed by atoms with Gasteiger partial charge in [-0.3, -0.25) is 9.05 Å². The summed E-state index contributed by atoms with van der Waals surface area (Å²) in [6.07, 6.45) is 6.18. The Balaban J connectivity index is 0.000000194. The minimum atomic E-state index is -3.76. The van der Waals surface area contributed by atoms with Gasteiger partial charge in [0.25, 0.3) is 0 Å². The molecule has 0 amide bonds. The molecule has 1 aliphatic rings. The van der Waals surface area contributed by atoms with Gasteiger partial charge in [-0.25, -0.2) is 4.57 Å². The van der Waals surface area contributed by atoms with Gasteiger partial charge in [0.2, 0.25) is 0 Å². The fourth-order valence-corrected chi connectivity index (χ4v) is 6.49. The molecule has 1 saturated carbocycles. The summed E-state index contributed by atoms with van der Waals surface area (Å²) in [5.41, 5.74) is 0. The largest absolute Gasteiger partial charge is 0.587 e. The zero-order valence-corrected chi connectivity index (χ0v) is 25.7. The summed E-state index contributed by atoms with van der Waals surface area (Å²) in [6, 6.07) is 36.8. The average Bonchev–Trinajstić information content (AvgIpc) is 3.03. The first kappa shape index (κ1) is 31.9. The van der Waals surface area contributed by atoms with E-state index in [1.54, 1.807) is 48.5 Å². The van der Waals surface area contributed by atoms with Crippen molar-refractivity contribution in [2.45, 2.75) is 38.2 Å². The van der Waals surface area contributed by atoms with Crippen molar-refractivity contribution in [2.75, 3.05) is 12.5 Å². The van der Waals surface area contributed by atoms with Gasteiger partial charge in [0, 0.05) is 5.88 Å². The van der Waals surface area contributed by atoms with Gasteiger partial charge in [-0.2, -0.15) is 0 Å². The van der Waals surface area contributed by atoms with Crippen LogP contribution >= 0.6 is 28.0 Å². The van der Waals surface area contributed by atoms with Gasteiger partial charge in [-0.1, -0.05) is 92.1 Å². The summed E-state index contributed by atoms with van der Waals surface area (Å²) in [6.45, 7) is 0.0680. The zero-order valence-electron chi connectivity index (χ0n) is 23.2. The Bertz CT molecular complexity index is 1230. The lowest BCUT2D eigenvalue weighted by atomic mass is 9.98. The van der Waals surface area contributed by atoms with E-state index in [0.717, 1.165) is 24.3 Å². The molecule has 0 aliphatic heterocycles. The molecule has 4 aromatic rings. The normalized spacial score (nSPS) is 13.5. The quantitative estimate of drug-likeness (QED) is 0.108. The van der Waals surface area contributed by atoms with E-state index in [4.69, 9.17) is 38.7 Å². The molecule has 0 unspecified atom stereocenters. The van der Waals surface area contributed by atoms with Crippen LogP contribution in [-0.4, -0.2) is 18.6 Å². The van der Waals surface area contributed by atoms with E-state index < -0.39 is 16.4 Å². The number of alkyl halides is 1. The molecule has 10 heteroatoms. The zero-order chi connectivity index (χ0) is 29.3. The number of hydrogen-bond acceptors (Lipinski definition) is 7. The number of rotatable bonds is 13. The van der Waals surface area contributed by atoms with E-state index in [9.17, 15) is 4.57 Å². The van der Waals surface area contributed by atoms with E-state index in [1.807, 2.05) is 72.8 Å². The maximum absolute atomic E-state index is 12.6. The number of phosphoric acid groups is 1. The lowest BCUT2D eigenvalue weighted by molar-refractivity contribution is 0.138. The van der Waals surface area contributed by atoms with E-state index in [-0.39, 0.29) is 18.6 Å². The van der Waals surface area contributed by atoms with Crippen LogP contribution in [0.1, 0.15) is 32.1 Å². The molecule has 222 valence electrons. The first-order chi connectivity index (χ1) is 20.6. The molecule has 42 heavy (non-hydrogen) atoms. The molecule has 0 radical (unpaired) electrons. The highest BCUT2D eigenvalue weighted by Gasteiger charge is 2.30. The lowest BCUT2D eigenvalue weighted by Crippen LogP contribution is -2.16. The summed E-state index contributed by atoms with van der Waals surface area (Å²) < 4.78 is 46.5. The summed E-state index contributed by atoms with van der Waals surface area (Å²) in [7, 11) is -5.20. The van der Waals surface area contributed by atoms with Gasteiger partial charge in [-0.05, 0) is 61.4 Å². The first-order valence-corrected chi connectivity index (χ1v) is 16.9. The molecule has 0 atom stereocenters. The number of phosphoric ester groups is 1. The molecular formula is C32H35ClO7P2. The number of benzene rings is 4. The Morgan fingerprint density at radius 1 is 0.619 bits per heavy atom. The van der Waals surface area contributed by atoms with Gasteiger partial charge in [0.15, 0.2) is 0 Å². The second-order valence-electron chi connectivity index (χ2n) is 9.18. The predicted molar refractivity (Wildman–Crippen MR) is 167 cm³/mol. The third-order valence-electron chi connectivity index (χ3n) is 5.88. The second-order valence-corrected chi connectivity index (χ2v) is 12.1. The smallest absolute Gasteiger partial charge is 0.418 e. The van der Waals surface area contributed by atoms with Crippen molar-refractivity contribution in [2.24, 2.45) is 0 Å². The molecule has 5 rings (SSSR count). The van der Waals surface area contributed by atoms with Crippen LogP contribution in [0.15, 0.2) is 121 Å². The Labute approximate surface area is 254 Å². The highest BCUT2D eigenvalue weighted by atomic mass is 35.5. The molecule has 1 aliphatic carbocycles. The van der Waals surface area contributed by atoms with Crippen molar-refractivity contribution in [3.63, 3.8) is 0 Å². The molecule has 0 spiro atoms. The molecule has 0 N–H and O–H groups in total. The average molecular weight is 629 g/mol. The molecule has 7 nitrogen and oxygen atoms in total. The van der Waals surface area contributed by atoms with Crippen LogP contribution in [0.25, 0.3) is 0 Å². The monoisotopic (exact) mass is 628 g/mol. The van der Waals surface area contributed by atoms with Crippen molar-refractivity contribution < 1.29 is 31.7 Å². The summed E-state index contributed by atoms with van der Waals surface area (Å²) in [5, 5.41) is 0. The Kier molecular flexibility index (Phi) is 13.5. The highest BCUT2D eigenvalue weighted by Crippen LogP contribution is 2.49. The minimum absolute atomic E-state index is 0.0680. The van der Waals surface area contributed by atoms with Crippen LogP contribution in [0.5, 0.6) is 23.0 Å². The molecule has 4 aromatic carbocycles. The molecule has 0 heterocycles. The first-order valence-electron chi connectivity index (χ1n) is 13.8. The topological polar surface area (TPSA) is 72.5 Å². The van der Waals surface area contributed by atoms with Crippen molar-refractivity contribution in [3.05, 3.63) is 121 Å². The van der Waals surface area contributed by atoms with Crippen molar-refractivity contribution >= 4 is 28.0 Å². The van der Waals surface area contributed by atoms with E-state index >= 15 is 0 Å². The van der Waals surface area contributed by atoms with Gasteiger partial charge in [0.1, 0.15) is 23.0 Å². The molecular weight excluding hydrogens is 594 g/mol. The minimum Gasteiger partial charge on any atom is -0.418 e. The molecule has 1 fully saturated rings. The van der Waals surface area contributed by atoms with Crippen LogP contribution in [-0.2, 0) is 13.6 Å². The Morgan fingerprint density at radius 3 is 1.43 bits per heavy atom. The van der Waals surface area contributed by atoms with Gasteiger partial charge < -0.3 is 18.1 Å². The Hall–Kier alpha value is -3.05. The third kappa shape index (κ3) is 11.7. The Morgan fingerprint density at radius 2 is 1.02 bits per heavy atom. The standard InChI is InChI=1S/C18H21O3P.C14H14ClO4P/c1-4-10-16(11-5-1)19-22(20-17-12-6-2-7-13-17)21-18-14-8-3-9-15-18;15-11-12-17-20(16,18-13-7-3-1-4-8-13)19-14-9-5-2-6-10-14/h1-2,4-7,10-13,18H,3,8-9,14-15H2;1-10H,11-12H2. The van der Waals surface area contributed by atoms with Crippen LogP contribution in [0.3, 0.4) is 0 Å². The van der Waals surface area contributed by atoms with Crippen molar-refractivity contribution in [1.82, 2.24) is 0 Å². The van der Waals surface area contributed by atoms with E-state index in [1.165, 1.54) is 19.3 Å². The van der Waals surface area contributed by atoms with Crippen LogP contribution in [0, 0.1) is 0 Å². The van der Waals surface area contributed by atoms with E-state index in [0.29, 0.717) is 11.5 Å². The lowest BCUT2D eigenvalue weighted by Gasteiger charge is -2.25. The maximum atomic E-state index is 12.6. The molecule has 0 saturated heterocycles. The maximum Gasteiger partial charge on any atom is 0.587 e. The summed E-state index contributed by atoms with van der Waals surface area (Å²) >= 11 is 5.56. The van der Waals surface area contributed by atoms with Crippen molar-refractivity contribution in [1.29, 1.82) is 0 Å². The van der Waals surface area contributed by atoms with Gasteiger partial charge in [-0.15, -0.1) is 11.6 Å². The summed E-state index contributed by atoms with van der Waals surface area (Å²) in [4.78, 5) is 0. The van der Waals surface area contributed by atoms with Gasteiger partial charge in [0.05, 0.1) is 12.7 Å². The highest BCUT2D eigenvalue weighted by molar-refractivity contribution is 7.49. The predicted octanol–water partition coefficient (Wildman–Crippen LogP) is 10.2. The summed E-state index contributed by atoms with van der Waals surface area (Å²) in [5.74, 6) is 2.56. The van der Waals surface area contributed by atoms with Crippen molar-refractivity contribution in [3.8, 4) is 23.0 Å². The number of hydrogen-bond donors (Lipinski definition) is 0. The number of para-hydroxylation sites is 4. The SMILES string of the molecule is O=P(OCCCl)(Oc1ccccc1)Oc1ccccc1.c1ccc(OP(Oc2ccccc2)OC2CCCCC2)cc1. The molecule has 0 aromatic heterocycles. The number of halogens is 1. The van der Waals surface area contributed by atoms with Gasteiger partial charge >= 0.3 is 16.4 Å². The second kappa shape index (κ2) is 17.8. The van der Waals surface area contributed by atoms with Crippen LogP contribution < -0.4 is 18.1 Å². The fraction of sp³-hybridized carbons (Fsp3) is 0.250. The molecule has 0 bridgehead atoms.